The number of aromatic nitrogens is 3. The third-order valence-electron chi connectivity index (χ3n) is 3.87. The molecule has 1 aromatic carbocycles. The van der Waals surface area contributed by atoms with Crippen LogP contribution >= 0.6 is 0 Å². The molecule has 3 rings (SSSR count). The van der Waals surface area contributed by atoms with Crippen LogP contribution in [0, 0.1) is 0 Å². The number of carbonyl (C=O) groups is 2. The van der Waals surface area contributed by atoms with Gasteiger partial charge in [-0.05, 0) is 24.3 Å². The summed E-state index contributed by atoms with van der Waals surface area (Å²) in [5.41, 5.74) is 12.2. The average molecular weight is 381 g/mol. The molecular weight excluding hydrogens is 362 g/mol. The molecule has 0 bridgehead atoms. The lowest BCUT2D eigenvalue weighted by molar-refractivity contribution is -0.119. The third kappa shape index (κ3) is 4.30. The van der Waals surface area contributed by atoms with Crippen molar-refractivity contribution in [2.24, 2.45) is 11.5 Å². The smallest absolute Gasteiger partial charge is 0.271 e. The van der Waals surface area contributed by atoms with E-state index >= 15 is 0 Å². The SMILES string of the molecule is COCC(Nc1cnc(C(N)=O)c(Nc2ccc3ncccc3c2)n1)C(N)=O. The van der Waals surface area contributed by atoms with Crippen LogP contribution in [0.15, 0.2) is 42.7 Å². The average Bonchev–Trinajstić information content (AvgIpc) is 2.67. The zero-order valence-electron chi connectivity index (χ0n) is 15.0. The summed E-state index contributed by atoms with van der Waals surface area (Å²) in [6.07, 6.45) is 3.00. The van der Waals surface area contributed by atoms with Crippen LogP contribution < -0.4 is 22.1 Å². The number of methoxy groups -OCH3 is 1. The quantitative estimate of drug-likeness (QED) is 0.445. The van der Waals surface area contributed by atoms with Gasteiger partial charge in [0, 0.05) is 24.4 Å². The molecule has 1 unspecified atom stereocenters. The molecule has 3 aromatic rings. The second-order valence-electron chi connectivity index (χ2n) is 5.91. The highest BCUT2D eigenvalue weighted by molar-refractivity contribution is 5.97. The molecule has 28 heavy (non-hydrogen) atoms. The van der Waals surface area contributed by atoms with Gasteiger partial charge in [0.25, 0.3) is 5.91 Å². The van der Waals surface area contributed by atoms with Crippen LogP contribution in [0.3, 0.4) is 0 Å². The molecule has 0 radical (unpaired) electrons. The Morgan fingerprint density at radius 2 is 2.04 bits per heavy atom. The number of primary amides is 2. The molecule has 1 atom stereocenters. The number of amides is 2. The number of ether oxygens (including phenoxy) is 1. The highest BCUT2D eigenvalue weighted by Gasteiger charge is 2.18. The first kappa shape index (κ1) is 19.0. The molecule has 0 aliphatic rings. The normalized spacial score (nSPS) is 11.8. The van der Waals surface area contributed by atoms with Gasteiger partial charge in [0.15, 0.2) is 11.5 Å². The standard InChI is InChI=1S/C18H19N7O3/c1-28-9-13(16(19)26)24-14-8-22-15(17(20)27)18(25-14)23-11-4-5-12-10(7-11)3-2-6-21-12/h2-8,13H,9H2,1H3,(H2,19,26)(H2,20,27)(H2,23,24,25). The van der Waals surface area contributed by atoms with E-state index in [0.29, 0.717) is 5.69 Å². The van der Waals surface area contributed by atoms with E-state index in [1.807, 2.05) is 24.3 Å². The number of hydrogen-bond acceptors (Lipinski definition) is 8. The van der Waals surface area contributed by atoms with E-state index in [-0.39, 0.29) is 23.9 Å². The molecule has 2 aromatic heterocycles. The Hall–Kier alpha value is -3.79. The Labute approximate surface area is 160 Å². The van der Waals surface area contributed by atoms with Crippen LogP contribution in [0.4, 0.5) is 17.3 Å². The number of fused-ring (bicyclic) bond motifs is 1. The lowest BCUT2D eigenvalue weighted by Gasteiger charge is -2.16. The Kier molecular flexibility index (Phi) is 5.61. The molecule has 6 N–H and O–H groups in total. The van der Waals surface area contributed by atoms with Gasteiger partial charge in [-0.2, -0.15) is 0 Å². The number of nitrogens with two attached hydrogens (primary N) is 2. The number of benzene rings is 1. The number of hydrogen-bond donors (Lipinski definition) is 4. The maximum absolute atomic E-state index is 11.7. The Balaban J connectivity index is 1.92. The first-order valence-electron chi connectivity index (χ1n) is 8.31. The molecule has 0 aliphatic heterocycles. The molecule has 144 valence electrons. The lowest BCUT2D eigenvalue weighted by Crippen LogP contribution is -2.39. The Morgan fingerprint density at radius 1 is 1.21 bits per heavy atom. The van der Waals surface area contributed by atoms with Crippen molar-refractivity contribution in [3.8, 4) is 0 Å². The molecule has 0 saturated carbocycles. The lowest BCUT2D eigenvalue weighted by atomic mass is 10.2. The summed E-state index contributed by atoms with van der Waals surface area (Å²) in [7, 11) is 1.45. The van der Waals surface area contributed by atoms with Crippen molar-refractivity contribution in [3.63, 3.8) is 0 Å². The zero-order valence-corrected chi connectivity index (χ0v) is 15.0. The van der Waals surface area contributed by atoms with Crippen LogP contribution in [0.1, 0.15) is 10.5 Å². The van der Waals surface area contributed by atoms with Gasteiger partial charge >= 0.3 is 0 Å². The summed E-state index contributed by atoms with van der Waals surface area (Å²) >= 11 is 0. The van der Waals surface area contributed by atoms with Crippen molar-refractivity contribution >= 4 is 40.0 Å². The number of carbonyl (C=O) groups excluding carboxylic acids is 2. The topological polar surface area (TPSA) is 158 Å². The van der Waals surface area contributed by atoms with Gasteiger partial charge in [-0.25, -0.2) is 9.97 Å². The van der Waals surface area contributed by atoms with Gasteiger partial charge in [-0.15, -0.1) is 0 Å². The number of nitrogens with zero attached hydrogens (tertiary/aromatic N) is 3. The van der Waals surface area contributed by atoms with Crippen LogP contribution in [0.2, 0.25) is 0 Å². The van der Waals surface area contributed by atoms with E-state index in [0.717, 1.165) is 10.9 Å². The first-order valence-corrected chi connectivity index (χ1v) is 8.31. The van der Waals surface area contributed by atoms with Gasteiger partial charge in [0.05, 0.1) is 18.3 Å². The van der Waals surface area contributed by atoms with Crippen LogP contribution in [0.5, 0.6) is 0 Å². The van der Waals surface area contributed by atoms with Crippen molar-refractivity contribution in [2.75, 3.05) is 24.4 Å². The summed E-state index contributed by atoms with van der Waals surface area (Å²) in [6.45, 7) is 0.0506. The molecule has 2 heterocycles. The fraction of sp³-hybridized carbons (Fsp3) is 0.167. The molecule has 2 amide bonds. The zero-order chi connectivity index (χ0) is 20.1. The minimum absolute atomic E-state index is 0.0424. The molecule has 0 spiro atoms. The number of pyridine rings is 1. The van der Waals surface area contributed by atoms with Crippen molar-refractivity contribution in [1.29, 1.82) is 0 Å². The number of rotatable bonds is 8. The minimum Gasteiger partial charge on any atom is -0.382 e. The van der Waals surface area contributed by atoms with Gasteiger partial charge < -0.3 is 26.8 Å². The summed E-state index contributed by atoms with van der Waals surface area (Å²) in [5.74, 6) is -0.983. The number of anilines is 3. The van der Waals surface area contributed by atoms with E-state index in [4.69, 9.17) is 16.2 Å². The maximum atomic E-state index is 11.7. The van der Waals surface area contributed by atoms with E-state index in [2.05, 4.69) is 25.6 Å². The van der Waals surface area contributed by atoms with Crippen molar-refractivity contribution in [3.05, 3.63) is 48.4 Å². The second kappa shape index (κ2) is 8.27. The fourth-order valence-electron chi connectivity index (χ4n) is 2.56. The van der Waals surface area contributed by atoms with E-state index < -0.39 is 17.9 Å². The van der Waals surface area contributed by atoms with Crippen molar-refractivity contribution in [2.45, 2.75) is 6.04 Å². The minimum atomic E-state index is -0.807. The summed E-state index contributed by atoms with van der Waals surface area (Å²) < 4.78 is 4.96. The van der Waals surface area contributed by atoms with Gasteiger partial charge in [-0.3, -0.25) is 14.6 Å². The van der Waals surface area contributed by atoms with Gasteiger partial charge in [0.2, 0.25) is 5.91 Å². The van der Waals surface area contributed by atoms with E-state index in [9.17, 15) is 9.59 Å². The van der Waals surface area contributed by atoms with Crippen molar-refractivity contribution < 1.29 is 14.3 Å². The van der Waals surface area contributed by atoms with E-state index in [1.165, 1.54) is 13.3 Å². The molecule has 10 heteroatoms. The molecule has 0 aliphatic carbocycles. The van der Waals surface area contributed by atoms with Gasteiger partial charge in [0.1, 0.15) is 11.9 Å². The predicted molar refractivity (Wildman–Crippen MR) is 104 cm³/mol. The maximum Gasteiger partial charge on any atom is 0.271 e. The molecular formula is C18H19N7O3. The van der Waals surface area contributed by atoms with Crippen LogP contribution in [-0.4, -0.2) is 46.5 Å². The molecule has 10 nitrogen and oxygen atoms in total. The molecule has 0 saturated heterocycles. The highest BCUT2D eigenvalue weighted by Crippen LogP contribution is 2.23. The second-order valence-corrected chi connectivity index (χ2v) is 5.91. The van der Waals surface area contributed by atoms with Crippen LogP contribution in [0.25, 0.3) is 10.9 Å². The largest absolute Gasteiger partial charge is 0.382 e. The summed E-state index contributed by atoms with van der Waals surface area (Å²) in [5, 5.41) is 6.76. The Bertz CT molecular complexity index is 1020. The number of nitrogens with one attached hydrogen (secondary N) is 2. The summed E-state index contributed by atoms with van der Waals surface area (Å²) in [4.78, 5) is 35.8. The first-order chi connectivity index (χ1) is 13.5. The molecule has 0 fully saturated rings. The van der Waals surface area contributed by atoms with Crippen molar-refractivity contribution in [1.82, 2.24) is 15.0 Å². The fourth-order valence-corrected chi connectivity index (χ4v) is 2.56. The Morgan fingerprint density at radius 3 is 2.75 bits per heavy atom. The third-order valence-corrected chi connectivity index (χ3v) is 3.87. The van der Waals surface area contributed by atoms with E-state index in [1.54, 1.807) is 12.3 Å². The summed E-state index contributed by atoms with van der Waals surface area (Å²) in [6, 6.07) is 8.40. The predicted octanol–water partition coefficient (Wildman–Crippen LogP) is 0.780. The monoisotopic (exact) mass is 381 g/mol. The highest BCUT2D eigenvalue weighted by atomic mass is 16.5. The van der Waals surface area contributed by atoms with Crippen LogP contribution in [-0.2, 0) is 9.53 Å². The van der Waals surface area contributed by atoms with Gasteiger partial charge in [-0.1, -0.05) is 6.07 Å².